The number of benzene rings is 2. The zero-order valence-electron chi connectivity index (χ0n) is 12.0. The Morgan fingerprint density at radius 1 is 1.10 bits per heavy atom. The van der Waals surface area contributed by atoms with Crippen LogP contribution < -0.4 is 10.1 Å². The van der Waals surface area contributed by atoms with E-state index in [9.17, 15) is 0 Å². The van der Waals surface area contributed by atoms with Gasteiger partial charge in [-0.25, -0.2) is 0 Å². The molecule has 0 saturated carbocycles. The lowest BCUT2D eigenvalue weighted by Gasteiger charge is -2.16. The number of halogens is 2. The Balaban J connectivity index is 1.71. The smallest absolute Gasteiger partial charge is 0.123 e. The van der Waals surface area contributed by atoms with Gasteiger partial charge in [-0.2, -0.15) is 0 Å². The van der Waals surface area contributed by atoms with E-state index in [1.54, 1.807) is 6.07 Å². The lowest BCUT2D eigenvalue weighted by atomic mass is 10.0. The van der Waals surface area contributed by atoms with Crippen LogP contribution in [0.3, 0.4) is 0 Å². The lowest BCUT2D eigenvalue weighted by Crippen LogP contribution is -2.24. The summed E-state index contributed by atoms with van der Waals surface area (Å²) in [6.07, 6.45) is 0.947. The van der Waals surface area contributed by atoms with E-state index < -0.39 is 0 Å². The van der Waals surface area contributed by atoms with Gasteiger partial charge in [-0.3, -0.25) is 0 Å². The zero-order chi connectivity index (χ0) is 15.0. The Hall–Kier alpha value is -1.38. The van der Waals surface area contributed by atoms with Crippen molar-refractivity contribution in [2.75, 3.05) is 5.32 Å². The Morgan fingerprint density at radius 2 is 1.90 bits per heavy atom. The fourth-order valence-corrected chi connectivity index (χ4v) is 2.88. The summed E-state index contributed by atoms with van der Waals surface area (Å²) in [6.45, 7) is 4.97. The normalized spacial score (nSPS) is 15.4. The maximum Gasteiger partial charge on any atom is 0.123 e. The van der Waals surface area contributed by atoms with Crippen LogP contribution in [0, 0.1) is 0 Å². The van der Waals surface area contributed by atoms with Crippen LogP contribution >= 0.6 is 23.2 Å². The van der Waals surface area contributed by atoms with Crippen LogP contribution in [0.5, 0.6) is 5.75 Å². The van der Waals surface area contributed by atoms with Gasteiger partial charge < -0.3 is 10.1 Å². The molecule has 0 amide bonds. The molecule has 1 aliphatic rings. The van der Waals surface area contributed by atoms with Gasteiger partial charge in [0.1, 0.15) is 11.4 Å². The molecule has 2 aromatic carbocycles. The van der Waals surface area contributed by atoms with Gasteiger partial charge in [0.25, 0.3) is 0 Å². The van der Waals surface area contributed by atoms with Crippen molar-refractivity contribution >= 4 is 28.9 Å². The van der Waals surface area contributed by atoms with Crippen molar-refractivity contribution in [2.24, 2.45) is 0 Å². The predicted molar refractivity (Wildman–Crippen MR) is 88.6 cm³/mol. The van der Waals surface area contributed by atoms with Gasteiger partial charge in [0.05, 0.1) is 10.0 Å². The number of anilines is 1. The number of fused-ring (bicyclic) bond motifs is 1. The molecule has 0 unspecified atom stereocenters. The first-order chi connectivity index (χ1) is 9.93. The van der Waals surface area contributed by atoms with E-state index in [1.807, 2.05) is 12.1 Å². The molecule has 0 atom stereocenters. The molecule has 2 nitrogen and oxygen atoms in total. The third-order valence-corrected chi connectivity index (χ3v) is 4.28. The first-order valence-corrected chi connectivity index (χ1v) is 7.68. The molecule has 21 heavy (non-hydrogen) atoms. The van der Waals surface area contributed by atoms with Crippen molar-refractivity contribution in [1.82, 2.24) is 0 Å². The molecule has 0 bridgehead atoms. The third kappa shape index (κ3) is 3.28. The highest BCUT2D eigenvalue weighted by atomic mass is 35.5. The Morgan fingerprint density at radius 3 is 2.67 bits per heavy atom. The van der Waals surface area contributed by atoms with E-state index in [0.29, 0.717) is 10.0 Å². The third-order valence-electron chi connectivity index (χ3n) is 3.54. The second-order valence-corrected chi connectivity index (χ2v) is 6.78. The molecule has 3 rings (SSSR count). The molecule has 1 heterocycles. The molecule has 0 spiro atoms. The average molecular weight is 322 g/mol. The van der Waals surface area contributed by atoms with E-state index >= 15 is 0 Å². The number of hydrogen-bond acceptors (Lipinski definition) is 2. The number of rotatable bonds is 3. The van der Waals surface area contributed by atoms with Crippen molar-refractivity contribution in [3.05, 3.63) is 57.6 Å². The standard InChI is InChI=1S/C17H17Cl2NO/c1-17(2)9-12-7-11(3-6-16(12)21-17)10-20-13-4-5-14(18)15(19)8-13/h3-8,20H,9-10H2,1-2H3. The molecular weight excluding hydrogens is 305 g/mol. The summed E-state index contributed by atoms with van der Waals surface area (Å²) in [6, 6.07) is 11.9. The lowest BCUT2D eigenvalue weighted by molar-refractivity contribution is 0.138. The Labute approximate surface area is 135 Å². The minimum atomic E-state index is -0.0991. The van der Waals surface area contributed by atoms with Gasteiger partial charge in [0, 0.05) is 18.7 Å². The van der Waals surface area contributed by atoms with Crippen molar-refractivity contribution < 1.29 is 4.74 Å². The van der Waals surface area contributed by atoms with Gasteiger partial charge in [0.2, 0.25) is 0 Å². The molecule has 0 aliphatic carbocycles. The quantitative estimate of drug-likeness (QED) is 0.826. The second-order valence-electron chi connectivity index (χ2n) is 5.96. The van der Waals surface area contributed by atoms with E-state index in [2.05, 4.69) is 37.4 Å². The van der Waals surface area contributed by atoms with Crippen molar-refractivity contribution in [1.29, 1.82) is 0 Å². The minimum absolute atomic E-state index is 0.0991. The maximum absolute atomic E-state index is 6.02. The maximum atomic E-state index is 6.02. The van der Waals surface area contributed by atoms with Crippen LogP contribution in [0.25, 0.3) is 0 Å². The first-order valence-electron chi connectivity index (χ1n) is 6.93. The van der Waals surface area contributed by atoms with Crippen LogP contribution in [0.15, 0.2) is 36.4 Å². The molecule has 0 radical (unpaired) electrons. The number of ether oxygens (including phenoxy) is 1. The van der Waals surface area contributed by atoms with Crippen LogP contribution in [-0.2, 0) is 13.0 Å². The molecule has 1 aliphatic heterocycles. The van der Waals surface area contributed by atoms with Crippen LogP contribution in [0.1, 0.15) is 25.0 Å². The van der Waals surface area contributed by atoms with Crippen molar-refractivity contribution in [3.63, 3.8) is 0 Å². The SMILES string of the molecule is CC1(C)Cc2cc(CNc3ccc(Cl)c(Cl)c3)ccc2O1. The fraction of sp³-hybridized carbons (Fsp3) is 0.294. The van der Waals surface area contributed by atoms with E-state index in [4.69, 9.17) is 27.9 Å². The molecule has 0 aromatic heterocycles. The average Bonchev–Trinajstić information content (AvgIpc) is 2.73. The van der Waals surface area contributed by atoms with Crippen molar-refractivity contribution in [3.8, 4) is 5.75 Å². The summed E-state index contributed by atoms with van der Waals surface area (Å²) < 4.78 is 5.89. The first kappa shape index (κ1) is 14.6. The molecule has 2 aromatic rings. The topological polar surface area (TPSA) is 21.3 Å². The monoisotopic (exact) mass is 321 g/mol. The summed E-state index contributed by atoms with van der Waals surface area (Å²) in [4.78, 5) is 0. The van der Waals surface area contributed by atoms with Crippen LogP contribution in [0.4, 0.5) is 5.69 Å². The Kier molecular flexibility index (Phi) is 3.76. The highest BCUT2D eigenvalue weighted by Crippen LogP contribution is 2.35. The summed E-state index contributed by atoms with van der Waals surface area (Å²) in [5.41, 5.74) is 3.36. The Bertz CT molecular complexity index is 682. The molecule has 0 saturated heterocycles. The number of nitrogens with one attached hydrogen (secondary N) is 1. The van der Waals surface area contributed by atoms with Crippen LogP contribution in [-0.4, -0.2) is 5.60 Å². The summed E-state index contributed by atoms with van der Waals surface area (Å²) in [7, 11) is 0. The van der Waals surface area contributed by atoms with Gasteiger partial charge >= 0.3 is 0 Å². The molecule has 110 valence electrons. The second kappa shape index (κ2) is 5.43. The van der Waals surface area contributed by atoms with Crippen molar-refractivity contribution in [2.45, 2.75) is 32.4 Å². The fourth-order valence-electron chi connectivity index (χ4n) is 2.58. The highest BCUT2D eigenvalue weighted by Gasteiger charge is 2.29. The van der Waals surface area contributed by atoms with E-state index in [0.717, 1.165) is 24.4 Å². The van der Waals surface area contributed by atoms with Gasteiger partial charge in [-0.1, -0.05) is 35.3 Å². The van der Waals surface area contributed by atoms with Gasteiger partial charge in [0.15, 0.2) is 0 Å². The van der Waals surface area contributed by atoms with Gasteiger partial charge in [-0.15, -0.1) is 0 Å². The summed E-state index contributed by atoms with van der Waals surface area (Å²) >= 11 is 11.9. The molecule has 1 N–H and O–H groups in total. The minimum Gasteiger partial charge on any atom is -0.487 e. The summed E-state index contributed by atoms with van der Waals surface area (Å²) in [5, 5.41) is 4.49. The van der Waals surface area contributed by atoms with E-state index in [1.165, 1.54) is 11.1 Å². The summed E-state index contributed by atoms with van der Waals surface area (Å²) in [5.74, 6) is 0.998. The highest BCUT2D eigenvalue weighted by molar-refractivity contribution is 6.42. The largest absolute Gasteiger partial charge is 0.487 e. The molecular formula is C17H17Cl2NO. The van der Waals surface area contributed by atoms with E-state index in [-0.39, 0.29) is 5.60 Å². The number of hydrogen-bond donors (Lipinski definition) is 1. The van der Waals surface area contributed by atoms with Crippen LogP contribution in [0.2, 0.25) is 10.0 Å². The predicted octanol–water partition coefficient (Wildman–Crippen LogP) is 5.32. The molecule has 4 heteroatoms. The molecule has 0 fully saturated rings. The zero-order valence-corrected chi connectivity index (χ0v) is 13.6. The van der Waals surface area contributed by atoms with Gasteiger partial charge in [-0.05, 0) is 49.2 Å².